The molecule has 0 spiro atoms. The zero-order valence-corrected chi connectivity index (χ0v) is 13.9. The van der Waals surface area contributed by atoms with Gasteiger partial charge >= 0.3 is 0 Å². The molecule has 25 heavy (non-hydrogen) atoms. The summed E-state index contributed by atoms with van der Waals surface area (Å²) in [5.41, 5.74) is 3.00. The van der Waals surface area contributed by atoms with Crippen LogP contribution in [0.4, 0.5) is 5.82 Å². The van der Waals surface area contributed by atoms with Crippen LogP contribution in [0.25, 0.3) is 17.0 Å². The molecule has 0 aliphatic carbocycles. The minimum absolute atomic E-state index is 0.741. The van der Waals surface area contributed by atoms with Gasteiger partial charge in [-0.1, -0.05) is 30.3 Å². The summed E-state index contributed by atoms with van der Waals surface area (Å²) in [5.74, 6) is 1.64. The van der Waals surface area contributed by atoms with Crippen LogP contribution in [-0.4, -0.2) is 38.4 Å². The number of pyridine rings is 1. The van der Waals surface area contributed by atoms with Crippen molar-refractivity contribution in [1.29, 1.82) is 0 Å². The molecule has 1 aromatic carbocycles. The number of benzene rings is 1. The molecule has 0 N–H and O–H groups in total. The van der Waals surface area contributed by atoms with Crippen LogP contribution in [0.5, 0.6) is 0 Å². The maximum Gasteiger partial charge on any atom is 0.185 e. The highest BCUT2D eigenvalue weighted by atomic mass is 15.4. The molecule has 0 unspecified atom stereocenters. The predicted molar refractivity (Wildman–Crippen MR) is 97.4 cm³/mol. The zero-order valence-electron chi connectivity index (χ0n) is 13.9. The van der Waals surface area contributed by atoms with E-state index in [4.69, 9.17) is 5.10 Å². The highest BCUT2D eigenvalue weighted by molar-refractivity contribution is 5.59. The van der Waals surface area contributed by atoms with Crippen molar-refractivity contribution in [3.63, 3.8) is 0 Å². The lowest BCUT2D eigenvalue weighted by atomic mass is 10.2. The summed E-state index contributed by atoms with van der Waals surface area (Å²) in [7, 11) is 2.04. The number of rotatable bonds is 5. The van der Waals surface area contributed by atoms with Gasteiger partial charge in [0.05, 0.1) is 0 Å². The first-order valence-electron chi connectivity index (χ1n) is 8.19. The molecule has 0 aliphatic rings. The molecule has 0 saturated heterocycles. The summed E-state index contributed by atoms with van der Waals surface area (Å²) in [6.45, 7) is 0.866. The van der Waals surface area contributed by atoms with E-state index >= 15 is 0 Å². The van der Waals surface area contributed by atoms with Gasteiger partial charge in [-0.05, 0) is 36.2 Å². The second-order valence-corrected chi connectivity index (χ2v) is 5.88. The third-order valence-electron chi connectivity index (χ3n) is 4.16. The molecule has 0 radical (unpaired) electrons. The fourth-order valence-electron chi connectivity index (χ4n) is 2.71. The summed E-state index contributed by atoms with van der Waals surface area (Å²) in [4.78, 5) is 6.19. The Morgan fingerprint density at radius 3 is 2.52 bits per heavy atom. The minimum Gasteiger partial charge on any atom is -0.358 e. The van der Waals surface area contributed by atoms with Gasteiger partial charge in [-0.15, -0.1) is 15.3 Å². The Morgan fingerprint density at radius 1 is 0.920 bits per heavy atom. The zero-order chi connectivity index (χ0) is 17.1. The highest BCUT2D eigenvalue weighted by Gasteiger charge is 2.11. The summed E-state index contributed by atoms with van der Waals surface area (Å²) in [6.07, 6.45) is 4.58. The third kappa shape index (κ3) is 3.19. The maximum atomic E-state index is 4.73. The van der Waals surface area contributed by atoms with Crippen molar-refractivity contribution in [2.24, 2.45) is 0 Å². The average Bonchev–Trinajstić information content (AvgIpc) is 3.11. The fourth-order valence-corrected chi connectivity index (χ4v) is 2.71. The van der Waals surface area contributed by atoms with Gasteiger partial charge in [0, 0.05) is 31.5 Å². The number of anilines is 1. The average molecular weight is 330 g/mol. The van der Waals surface area contributed by atoms with Gasteiger partial charge in [-0.25, -0.2) is 0 Å². The van der Waals surface area contributed by atoms with Crippen LogP contribution in [0.2, 0.25) is 0 Å². The Labute approximate surface area is 145 Å². The van der Waals surface area contributed by atoms with Crippen molar-refractivity contribution in [2.75, 3.05) is 18.5 Å². The van der Waals surface area contributed by atoms with Crippen molar-refractivity contribution in [3.05, 3.63) is 72.6 Å². The number of likely N-dealkylation sites (N-methyl/N-ethyl adjacent to an activating group) is 1. The molecule has 6 heteroatoms. The van der Waals surface area contributed by atoms with Crippen molar-refractivity contribution < 1.29 is 0 Å². The van der Waals surface area contributed by atoms with Crippen LogP contribution in [-0.2, 0) is 6.42 Å². The van der Waals surface area contributed by atoms with E-state index in [9.17, 15) is 0 Å². The Bertz CT molecular complexity index is 965. The third-order valence-corrected chi connectivity index (χ3v) is 4.16. The second-order valence-electron chi connectivity index (χ2n) is 5.88. The van der Waals surface area contributed by atoms with E-state index in [1.54, 1.807) is 4.52 Å². The fraction of sp³-hybridized carbons (Fsp3) is 0.158. The Hall–Kier alpha value is -3.28. The molecule has 0 aliphatic heterocycles. The summed E-state index contributed by atoms with van der Waals surface area (Å²) >= 11 is 0. The van der Waals surface area contributed by atoms with Crippen LogP contribution in [0, 0.1) is 0 Å². The summed E-state index contributed by atoms with van der Waals surface area (Å²) in [6, 6.07) is 18.0. The maximum absolute atomic E-state index is 4.73. The number of hydrogen-bond acceptors (Lipinski definition) is 5. The molecule has 3 heterocycles. The van der Waals surface area contributed by atoms with Crippen molar-refractivity contribution in [2.45, 2.75) is 6.42 Å². The van der Waals surface area contributed by atoms with Gasteiger partial charge in [-0.3, -0.25) is 4.98 Å². The van der Waals surface area contributed by atoms with E-state index in [1.807, 2.05) is 74.0 Å². The molecule has 0 bridgehead atoms. The molecule has 3 aromatic heterocycles. The predicted octanol–water partition coefficient (Wildman–Crippen LogP) is 2.87. The minimum atomic E-state index is 0.741. The van der Waals surface area contributed by atoms with Gasteiger partial charge in [0.15, 0.2) is 11.5 Å². The van der Waals surface area contributed by atoms with E-state index in [-0.39, 0.29) is 0 Å². The van der Waals surface area contributed by atoms with E-state index < -0.39 is 0 Å². The Balaban J connectivity index is 1.60. The first-order valence-corrected chi connectivity index (χ1v) is 8.19. The molecule has 0 atom stereocenters. The first-order chi connectivity index (χ1) is 12.3. The number of hydrogen-bond donors (Lipinski definition) is 0. The van der Waals surface area contributed by atoms with E-state index in [0.29, 0.717) is 0 Å². The van der Waals surface area contributed by atoms with E-state index in [2.05, 4.69) is 20.1 Å². The number of nitrogens with zero attached hydrogens (tertiary/aromatic N) is 6. The number of fused-ring (bicyclic) bond motifs is 1. The van der Waals surface area contributed by atoms with Crippen LogP contribution in [0.3, 0.4) is 0 Å². The standard InChI is InChI=1S/C19H18N6/c1-24(14-11-15-9-12-20-13-10-15)18-8-7-17-21-22-19(25(17)23-18)16-5-3-2-4-6-16/h2-10,12-13H,11,14H2,1H3. The Kier molecular flexibility index (Phi) is 4.08. The number of aromatic nitrogens is 5. The quantitative estimate of drug-likeness (QED) is 0.563. The topological polar surface area (TPSA) is 59.2 Å². The van der Waals surface area contributed by atoms with Crippen molar-refractivity contribution >= 4 is 11.5 Å². The van der Waals surface area contributed by atoms with Gasteiger partial charge < -0.3 is 4.90 Å². The molecule has 124 valence electrons. The molecule has 0 fully saturated rings. The summed E-state index contributed by atoms with van der Waals surface area (Å²) < 4.78 is 1.80. The molecule has 4 rings (SSSR count). The molecule has 0 amide bonds. The molecular formula is C19H18N6. The van der Waals surface area contributed by atoms with Crippen molar-refractivity contribution in [3.8, 4) is 11.4 Å². The van der Waals surface area contributed by atoms with Crippen LogP contribution >= 0.6 is 0 Å². The monoisotopic (exact) mass is 330 g/mol. The second kappa shape index (κ2) is 6.68. The highest BCUT2D eigenvalue weighted by Crippen LogP contribution is 2.19. The first kappa shape index (κ1) is 15.3. The van der Waals surface area contributed by atoms with Gasteiger partial charge in [0.2, 0.25) is 0 Å². The smallest absolute Gasteiger partial charge is 0.185 e. The van der Waals surface area contributed by atoms with Crippen LogP contribution in [0.1, 0.15) is 5.56 Å². The lowest BCUT2D eigenvalue weighted by molar-refractivity contribution is 0.823. The SMILES string of the molecule is CN(CCc1ccncc1)c1ccc2nnc(-c3ccccc3)n2n1. The van der Waals surface area contributed by atoms with Crippen LogP contribution < -0.4 is 4.90 Å². The van der Waals surface area contributed by atoms with Gasteiger partial charge in [0.1, 0.15) is 5.82 Å². The lowest BCUT2D eigenvalue weighted by Crippen LogP contribution is -2.22. The van der Waals surface area contributed by atoms with Crippen molar-refractivity contribution in [1.82, 2.24) is 24.8 Å². The van der Waals surface area contributed by atoms with E-state index in [1.165, 1.54) is 5.56 Å². The van der Waals surface area contributed by atoms with Gasteiger partial charge in [-0.2, -0.15) is 4.52 Å². The van der Waals surface area contributed by atoms with E-state index in [0.717, 1.165) is 35.8 Å². The molecule has 6 nitrogen and oxygen atoms in total. The molecule has 0 saturated carbocycles. The van der Waals surface area contributed by atoms with Crippen LogP contribution in [0.15, 0.2) is 67.0 Å². The molecular weight excluding hydrogens is 312 g/mol. The lowest BCUT2D eigenvalue weighted by Gasteiger charge is -2.18. The normalized spacial score (nSPS) is 10.9. The largest absolute Gasteiger partial charge is 0.358 e. The van der Waals surface area contributed by atoms with Gasteiger partial charge in [0.25, 0.3) is 0 Å². The Morgan fingerprint density at radius 2 is 1.72 bits per heavy atom. The summed E-state index contributed by atoms with van der Waals surface area (Å²) in [5, 5.41) is 13.2. The molecule has 4 aromatic rings.